The molecule has 19 heavy (non-hydrogen) atoms. The fraction of sp³-hybridized carbons (Fsp3) is 0.385. The van der Waals surface area contributed by atoms with Crippen LogP contribution in [0.2, 0.25) is 5.02 Å². The van der Waals surface area contributed by atoms with E-state index in [1.54, 1.807) is 4.68 Å². The van der Waals surface area contributed by atoms with Crippen molar-refractivity contribution in [1.82, 2.24) is 20.3 Å². The number of nitrogens with one attached hydrogen (secondary N) is 1. The van der Waals surface area contributed by atoms with E-state index in [0.29, 0.717) is 9.63 Å². The topological polar surface area (TPSA) is 42.7 Å². The van der Waals surface area contributed by atoms with Gasteiger partial charge in [0.05, 0.1) is 5.02 Å². The lowest BCUT2D eigenvalue weighted by molar-refractivity contribution is 0.675. The third-order valence-corrected chi connectivity index (χ3v) is 3.68. The Hall–Kier alpha value is -0.910. The molecule has 102 valence electrons. The van der Waals surface area contributed by atoms with Gasteiger partial charge in [0, 0.05) is 19.2 Å². The first-order valence-electron chi connectivity index (χ1n) is 6.18. The van der Waals surface area contributed by atoms with Crippen molar-refractivity contribution < 1.29 is 0 Å². The van der Waals surface area contributed by atoms with E-state index < -0.39 is 0 Å². The van der Waals surface area contributed by atoms with Gasteiger partial charge >= 0.3 is 0 Å². The van der Waals surface area contributed by atoms with Crippen molar-refractivity contribution >= 4 is 27.5 Å². The zero-order valence-electron chi connectivity index (χ0n) is 11.0. The molecule has 1 aromatic heterocycles. The van der Waals surface area contributed by atoms with Crippen molar-refractivity contribution in [3.8, 4) is 11.3 Å². The molecule has 0 unspecified atom stereocenters. The van der Waals surface area contributed by atoms with Crippen molar-refractivity contribution in [2.24, 2.45) is 7.05 Å². The first kappa shape index (κ1) is 14.5. The smallest absolute Gasteiger partial charge is 0.156 e. The number of halogens is 2. The summed E-state index contributed by atoms with van der Waals surface area (Å²) in [6.07, 6.45) is 1.12. The largest absolute Gasteiger partial charge is 0.313 e. The van der Waals surface area contributed by atoms with Crippen LogP contribution in [0.25, 0.3) is 11.3 Å². The Morgan fingerprint density at radius 2 is 2.21 bits per heavy atom. The second kappa shape index (κ2) is 6.50. The van der Waals surface area contributed by atoms with E-state index in [1.807, 2.05) is 19.2 Å². The van der Waals surface area contributed by atoms with E-state index in [4.69, 9.17) is 11.6 Å². The van der Waals surface area contributed by atoms with Crippen LogP contribution in [0, 0.1) is 0 Å². The van der Waals surface area contributed by atoms with Crippen LogP contribution in [-0.4, -0.2) is 21.5 Å². The summed E-state index contributed by atoms with van der Waals surface area (Å²) in [5, 5.41) is 12.0. The quantitative estimate of drug-likeness (QED) is 0.846. The number of rotatable bonds is 5. The minimum absolute atomic E-state index is 0.703. The van der Waals surface area contributed by atoms with Gasteiger partial charge in [-0.15, -0.1) is 5.10 Å². The third kappa shape index (κ3) is 3.35. The van der Waals surface area contributed by atoms with Gasteiger partial charge in [-0.25, -0.2) is 4.68 Å². The van der Waals surface area contributed by atoms with E-state index in [9.17, 15) is 0 Å². The molecule has 0 aliphatic rings. The Labute approximate surface area is 126 Å². The lowest BCUT2D eigenvalue weighted by Gasteiger charge is -2.08. The van der Waals surface area contributed by atoms with Gasteiger partial charge in [0.25, 0.3) is 0 Å². The first-order valence-corrected chi connectivity index (χ1v) is 7.35. The summed E-state index contributed by atoms with van der Waals surface area (Å²) in [7, 11) is 1.85. The Morgan fingerprint density at radius 1 is 1.42 bits per heavy atom. The molecule has 6 heteroatoms. The van der Waals surface area contributed by atoms with Crippen molar-refractivity contribution in [2.45, 2.75) is 19.9 Å². The summed E-state index contributed by atoms with van der Waals surface area (Å²) >= 11 is 9.75. The maximum absolute atomic E-state index is 6.36. The van der Waals surface area contributed by atoms with Gasteiger partial charge in [0.1, 0.15) is 5.69 Å². The van der Waals surface area contributed by atoms with E-state index in [0.717, 1.165) is 30.8 Å². The van der Waals surface area contributed by atoms with E-state index in [1.165, 1.54) is 5.56 Å². The summed E-state index contributed by atoms with van der Waals surface area (Å²) in [6.45, 7) is 3.99. The van der Waals surface area contributed by atoms with E-state index in [-0.39, 0.29) is 0 Å². The molecular weight excluding hydrogens is 328 g/mol. The van der Waals surface area contributed by atoms with Crippen LogP contribution >= 0.6 is 27.5 Å². The second-order valence-corrected chi connectivity index (χ2v) is 5.50. The predicted molar refractivity (Wildman–Crippen MR) is 81.1 cm³/mol. The molecule has 2 aromatic rings. The summed E-state index contributed by atoms with van der Waals surface area (Å²) in [5.41, 5.74) is 2.99. The van der Waals surface area contributed by atoms with Crippen LogP contribution in [0.1, 0.15) is 18.9 Å². The van der Waals surface area contributed by atoms with Crippen LogP contribution < -0.4 is 5.32 Å². The number of aryl methyl sites for hydroxylation is 1. The highest BCUT2D eigenvalue weighted by atomic mass is 79.9. The zero-order chi connectivity index (χ0) is 13.8. The van der Waals surface area contributed by atoms with Crippen molar-refractivity contribution in [3.05, 3.63) is 33.4 Å². The molecule has 0 aliphatic carbocycles. The molecule has 0 aliphatic heterocycles. The fourth-order valence-corrected chi connectivity index (χ4v) is 2.72. The number of benzene rings is 1. The van der Waals surface area contributed by atoms with Crippen molar-refractivity contribution in [3.63, 3.8) is 0 Å². The molecule has 0 spiro atoms. The third-order valence-electron chi connectivity index (χ3n) is 2.83. The number of nitrogens with zero attached hydrogens (tertiary/aromatic N) is 3. The Bertz CT molecular complexity index is 548. The van der Waals surface area contributed by atoms with E-state index >= 15 is 0 Å². The van der Waals surface area contributed by atoms with Crippen LogP contribution in [0.4, 0.5) is 0 Å². The lowest BCUT2D eigenvalue weighted by Crippen LogP contribution is -2.13. The molecule has 0 radical (unpaired) electrons. The van der Waals surface area contributed by atoms with E-state index in [2.05, 4.69) is 44.5 Å². The van der Waals surface area contributed by atoms with Gasteiger partial charge in [0.15, 0.2) is 4.60 Å². The molecule has 1 N–H and O–H groups in total. The minimum Gasteiger partial charge on any atom is -0.313 e. The first-order chi connectivity index (χ1) is 9.13. The summed E-state index contributed by atoms with van der Waals surface area (Å²) < 4.78 is 2.41. The van der Waals surface area contributed by atoms with Crippen LogP contribution in [-0.2, 0) is 13.6 Å². The molecule has 1 heterocycles. The molecular formula is C13H16BrClN4. The predicted octanol–water partition coefficient (Wildman–Crippen LogP) is 3.40. The average Bonchev–Trinajstić information content (AvgIpc) is 2.70. The van der Waals surface area contributed by atoms with Gasteiger partial charge in [-0.1, -0.05) is 35.9 Å². The van der Waals surface area contributed by atoms with Crippen molar-refractivity contribution in [2.75, 3.05) is 6.54 Å². The number of hydrogen-bond acceptors (Lipinski definition) is 3. The molecule has 1 aromatic carbocycles. The van der Waals surface area contributed by atoms with Crippen LogP contribution in [0.15, 0.2) is 22.8 Å². The van der Waals surface area contributed by atoms with Gasteiger partial charge < -0.3 is 5.32 Å². The molecule has 0 saturated heterocycles. The highest BCUT2D eigenvalue weighted by Gasteiger charge is 2.13. The Balaban J connectivity index is 2.25. The highest BCUT2D eigenvalue weighted by Crippen LogP contribution is 2.32. The number of hydrogen-bond donors (Lipinski definition) is 1. The van der Waals surface area contributed by atoms with Crippen molar-refractivity contribution in [1.29, 1.82) is 0 Å². The standard InChI is InChI=1S/C13H16BrClN4/c1-3-6-16-8-9-4-5-10(11(15)7-9)12-13(14)17-18-19(12)2/h4-5,7,16H,3,6,8H2,1-2H3. The molecule has 0 bridgehead atoms. The van der Waals surface area contributed by atoms with Crippen LogP contribution in [0.5, 0.6) is 0 Å². The Kier molecular flexibility index (Phi) is 4.96. The van der Waals surface area contributed by atoms with Crippen LogP contribution in [0.3, 0.4) is 0 Å². The lowest BCUT2D eigenvalue weighted by atomic mass is 10.1. The molecule has 2 rings (SSSR count). The average molecular weight is 344 g/mol. The summed E-state index contributed by atoms with van der Waals surface area (Å²) in [6, 6.07) is 6.07. The normalized spacial score (nSPS) is 10.9. The monoisotopic (exact) mass is 342 g/mol. The maximum atomic E-state index is 6.36. The Morgan fingerprint density at radius 3 is 2.79 bits per heavy atom. The zero-order valence-corrected chi connectivity index (χ0v) is 13.3. The second-order valence-electron chi connectivity index (χ2n) is 4.34. The summed E-state index contributed by atoms with van der Waals surface area (Å²) in [5.74, 6) is 0. The SMILES string of the molecule is CCCNCc1ccc(-c2c(Br)nnn2C)c(Cl)c1. The molecule has 0 fully saturated rings. The number of aromatic nitrogens is 3. The maximum Gasteiger partial charge on any atom is 0.156 e. The summed E-state index contributed by atoms with van der Waals surface area (Å²) in [4.78, 5) is 0. The molecule has 0 amide bonds. The van der Waals surface area contributed by atoms with Gasteiger partial charge in [-0.3, -0.25) is 0 Å². The van der Waals surface area contributed by atoms with Gasteiger partial charge in [-0.2, -0.15) is 0 Å². The van der Waals surface area contributed by atoms with Gasteiger partial charge in [0.2, 0.25) is 0 Å². The highest BCUT2D eigenvalue weighted by molar-refractivity contribution is 9.10. The fourth-order valence-electron chi connectivity index (χ4n) is 1.89. The molecule has 0 atom stereocenters. The van der Waals surface area contributed by atoms with Gasteiger partial charge in [-0.05, 0) is 40.5 Å². The minimum atomic E-state index is 0.703. The molecule has 0 saturated carbocycles. The molecule has 4 nitrogen and oxygen atoms in total.